The Morgan fingerprint density at radius 2 is 1.00 bits per heavy atom. The number of hydrogen-bond acceptors (Lipinski definition) is 2. The number of nitrogens with two attached hydrogens (primary N) is 2. The standard InChI is InChI=1S/C10H8.C2H7N.CH5N/c1-2-6-10-8-4-3-7-9(10)5-1;1-2-3;1-2/h1-8H;2-3H2,1H3;2H2,1H3. The van der Waals surface area contributed by atoms with Crippen LogP contribution < -0.4 is 11.5 Å². The minimum absolute atomic E-state index is 0.750. The fourth-order valence-electron chi connectivity index (χ4n) is 1.13. The first kappa shape index (κ1) is 13.6. The molecule has 0 aliphatic carbocycles. The van der Waals surface area contributed by atoms with Crippen molar-refractivity contribution in [1.82, 2.24) is 0 Å². The first-order chi connectivity index (χ1) is 7.38. The molecular formula is C13H20N2. The van der Waals surface area contributed by atoms with Gasteiger partial charge in [-0.15, -0.1) is 0 Å². The summed E-state index contributed by atoms with van der Waals surface area (Å²) in [5.41, 5.74) is 9.35. The van der Waals surface area contributed by atoms with Crippen molar-refractivity contribution in [2.75, 3.05) is 13.6 Å². The molecule has 0 aromatic heterocycles. The van der Waals surface area contributed by atoms with Crippen LogP contribution in [0.2, 0.25) is 0 Å². The Balaban J connectivity index is 0.000000342. The molecule has 2 aromatic carbocycles. The molecule has 2 aromatic rings. The van der Waals surface area contributed by atoms with Crippen molar-refractivity contribution in [3.05, 3.63) is 48.5 Å². The SMILES string of the molecule is CCN.CN.c1ccc2ccccc2c1. The van der Waals surface area contributed by atoms with E-state index in [1.807, 2.05) is 6.92 Å². The van der Waals surface area contributed by atoms with Gasteiger partial charge in [0, 0.05) is 0 Å². The van der Waals surface area contributed by atoms with E-state index in [9.17, 15) is 0 Å². The van der Waals surface area contributed by atoms with Gasteiger partial charge in [-0.1, -0.05) is 55.5 Å². The monoisotopic (exact) mass is 204 g/mol. The summed E-state index contributed by atoms with van der Waals surface area (Å²) in [5.74, 6) is 0. The lowest BCUT2D eigenvalue weighted by Gasteiger charge is -1.92. The van der Waals surface area contributed by atoms with E-state index >= 15 is 0 Å². The topological polar surface area (TPSA) is 52.0 Å². The van der Waals surface area contributed by atoms with Crippen LogP contribution in [0.15, 0.2) is 48.5 Å². The van der Waals surface area contributed by atoms with Crippen molar-refractivity contribution in [3.63, 3.8) is 0 Å². The van der Waals surface area contributed by atoms with Gasteiger partial charge in [0.1, 0.15) is 0 Å². The maximum absolute atomic E-state index is 4.85. The van der Waals surface area contributed by atoms with Gasteiger partial charge in [0.2, 0.25) is 0 Å². The van der Waals surface area contributed by atoms with Gasteiger partial charge in [-0.3, -0.25) is 0 Å². The van der Waals surface area contributed by atoms with E-state index in [0.29, 0.717) is 0 Å². The molecule has 0 aliphatic rings. The molecule has 0 amide bonds. The first-order valence-corrected chi connectivity index (χ1v) is 5.10. The Morgan fingerprint density at radius 1 is 0.800 bits per heavy atom. The van der Waals surface area contributed by atoms with E-state index in [2.05, 4.69) is 54.3 Å². The van der Waals surface area contributed by atoms with Crippen LogP contribution in [0.25, 0.3) is 10.8 Å². The fourth-order valence-corrected chi connectivity index (χ4v) is 1.13. The summed E-state index contributed by atoms with van der Waals surface area (Å²) < 4.78 is 0. The third-order valence-corrected chi connectivity index (χ3v) is 1.66. The second-order valence-electron chi connectivity index (χ2n) is 2.76. The van der Waals surface area contributed by atoms with E-state index in [4.69, 9.17) is 5.73 Å². The summed E-state index contributed by atoms with van der Waals surface area (Å²) in [6, 6.07) is 16.7. The van der Waals surface area contributed by atoms with Crippen molar-refractivity contribution in [2.45, 2.75) is 6.92 Å². The van der Waals surface area contributed by atoms with Crippen LogP contribution in [0.3, 0.4) is 0 Å². The Bertz CT molecular complexity index is 293. The molecule has 2 nitrogen and oxygen atoms in total. The minimum Gasteiger partial charge on any atom is -0.333 e. The number of fused-ring (bicyclic) bond motifs is 1. The summed E-state index contributed by atoms with van der Waals surface area (Å²) in [6.45, 7) is 2.65. The molecule has 0 unspecified atom stereocenters. The molecule has 2 rings (SSSR count). The van der Waals surface area contributed by atoms with Crippen molar-refractivity contribution in [2.24, 2.45) is 11.5 Å². The van der Waals surface area contributed by atoms with Gasteiger partial charge < -0.3 is 11.5 Å². The Kier molecular flexibility index (Phi) is 8.34. The van der Waals surface area contributed by atoms with Crippen LogP contribution in [0.5, 0.6) is 0 Å². The first-order valence-electron chi connectivity index (χ1n) is 5.10. The normalized spacial score (nSPS) is 8.27. The smallest absolute Gasteiger partial charge is 0.0106 e. The zero-order chi connectivity index (χ0) is 11.5. The van der Waals surface area contributed by atoms with E-state index < -0.39 is 0 Å². The Labute approximate surface area is 91.9 Å². The van der Waals surface area contributed by atoms with Gasteiger partial charge in [-0.05, 0) is 24.4 Å². The number of benzene rings is 2. The summed E-state index contributed by atoms with van der Waals surface area (Å²) in [4.78, 5) is 0. The van der Waals surface area contributed by atoms with Crippen LogP contribution in [0, 0.1) is 0 Å². The second-order valence-corrected chi connectivity index (χ2v) is 2.76. The molecule has 0 aliphatic heterocycles. The highest BCUT2D eigenvalue weighted by Gasteiger charge is 1.85. The van der Waals surface area contributed by atoms with Gasteiger partial charge >= 0.3 is 0 Å². The zero-order valence-corrected chi connectivity index (χ0v) is 9.48. The van der Waals surface area contributed by atoms with Gasteiger partial charge in [0.05, 0.1) is 0 Å². The molecule has 0 saturated heterocycles. The van der Waals surface area contributed by atoms with Gasteiger partial charge in [-0.2, -0.15) is 0 Å². The second kappa shape index (κ2) is 9.19. The maximum atomic E-state index is 4.85. The number of hydrogen-bond donors (Lipinski definition) is 2. The average molecular weight is 204 g/mol. The van der Waals surface area contributed by atoms with E-state index in [0.717, 1.165) is 6.54 Å². The van der Waals surface area contributed by atoms with Crippen LogP contribution in [0.4, 0.5) is 0 Å². The largest absolute Gasteiger partial charge is 0.333 e. The highest BCUT2D eigenvalue weighted by atomic mass is 14.5. The molecular weight excluding hydrogens is 184 g/mol. The molecule has 0 saturated carbocycles. The van der Waals surface area contributed by atoms with E-state index in [-0.39, 0.29) is 0 Å². The lowest BCUT2D eigenvalue weighted by molar-refractivity contribution is 1.14. The van der Waals surface area contributed by atoms with Crippen molar-refractivity contribution in [1.29, 1.82) is 0 Å². The van der Waals surface area contributed by atoms with Gasteiger partial charge in [0.25, 0.3) is 0 Å². The minimum atomic E-state index is 0.750. The Hall–Kier alpha value is -1.38. The summed E-state index contributed by atoms with van der Waals surface area (Å²) >= 11 is 0. The molecule has 0 atom stereocenters. The predicted octanol–water partition coefficient (Wildman–Crippen LogP) is 2.38. The number of rotatable bonds is 0. The molecule has 0 radical (unpaired) electrons. The third-order valence-electron chi connectivity index (χ3n) is 1.66. The van der Waals surface area contributed by atoms with Crippen molar-refractivity contribution < 1.29 is 0 Å². The highest BCUT2D eigenvalue weighted by molar-refractivity contribution is 5.81. The van der Waals surface area contributed by atoms with Gasteiger partial charge in [-0.25, -0.2) is 0 Å². The van der Waals surface area contributed by atoms with Crippen LogP contribution >= 0.6 is 0 Å². The summed E-state index contributed by atoms with van der Waals surface area (Å²) in [6.07, 6.45) is 0. The fraction of sp³-hybridized carbons (Fsp3) is 0.231. The Morgan fingerprint density at radius 3 is 1.20 bits per heavy atom. The lowest BCUT2D eigenvalue weighted by Crippen LogP contribution is -1.87. The predicted molar refractivity (Wildman–Crippen MR) is 68.8 cm³/mol. The third kappa shape index (κ3) is 5.15. The zero-order valence-electron chi connectivity index (χ0n) is 9.48. The molecule has 2 heteroatoms. The summed E-state index contributed by atoms with van der Waals surface area (Å²) in [5, 5.41) is 2.62. The molecule has 0 spiro atoms. The van der Waals surface area contributed by atoms with E-state index in [1.54, 1.807) is 0 Å². The lowest BCUT2D eigenvalue weighted by atomic mass is 10.1. The highest BCUT2D eigenvalue weighted by Crippen LogP contribution is 2.11. The quantitative estimate of drug-likeness (QED) is 0.692. The van der Waals surface area contributed by atoms with Crippen LogP contribution in [0.1, 0.15) is 6.92 Å². The molecule has 4 N–H and O–H groups in total. The summed E-state index contributed by atoms with van der Waals surface area (Å²) in [7, 11) is 1.50. The molecule has 0 fully saturated rings. The van der Waals surface area contributed by atoms with Crippen LogP contribution in [-0.4, -0.2) is 13.6 Å². The van der Waals surface area contributed by atoms with Crippen molar-refractivity contribution >= 4 is 10.8 Å². The average Bonchev–Trinajstić information content (AvgIpc) is 2.33. The van der Waals surface area contributed by atoms with Crippen molar-refractivity contribution in [3.8, 4) is 0 Å². The maximum Gasteiger partial charge on any atom is -0.0106 e. The molecule has 0 bridgehead atoms. The molecule has 82 valence electrons. The van der Waals surface area contributed by atoms with Crippen LogP contribution in [-0.2, 0) is 0 Å². The van der Waals surface area contributed by atoms with Gasteiger partial charge in [0.15, 0.2) is 0 Å². The van der Waals surface area contributed by atoms with E-state index in [1.165, 1.54) is 17.8 Å². The molecule has 15 heavy (non-hydrogen) atoms. The molecule has 0 heterocycles.